The predicted octanol–water partition coefficient (Wildman–Crippen LogP) is 0.148. The molecule has 0 spiro atoms. The highest BCUT2D eigenvalue weighted by Gasteiger charge is 2.34. The highest BCUT2D eigenvalue weighted by molar-refractivity contribution is 6.00. The fourth-order valence-electron chi connectivity index (χ4n) is 2.47. The third kappa shape index (κ3) is 2.66. The second-order valence-electron chi connectivity index (χ2n) is 4.96. The van der Waals surface area contributed by atoms with E-state index in [-0.39, 0.29) is 23.9 Å². The smallest absolute Gasteiger partial charge is 0.246 e. The van der Waals surface area contributed by atoms with E-state index in [0.717, 1.165) is 19.6 Å². The summed E-state index contributed by atoms with van der Waals surface area (Å²) in [4.78, 5) is 24.5. The topological polar surface area (TPSA) is 58.6 Å². The monoisotopic (exact) mass is 240 g/mol. The number of hydrogen-bond donors (Lipinski definition) is 1. The van der Waals surface area contributed by atoms with Crippen molar-refractivity contribution in [1.29, 1.82) is 0 Å². The van der Waals surface area contributed by atoms with Crippen LogP contribution in [-0.2, 0) is 14.3 Å². The van der Waals surface area contributed by atoms with E-state index >= 15 is 0 Å². The standard InChI is InChI=1S/C12H20N2O3/c1-8(9-5-6-17-7-9)13-10-3-4-11(15)14(2)12(10)16/h8-10,13H,3-7H2,1-2H3. The van der Waals surface area contributed by atoms with Crippen LogP contribution in [0, 0.1) is 5.92 Å². The molecule has 0 aromatic heterocycles. The van der Waals surface area contributed by atoms with Crippen molar-refractivity contribution in [2.24, 2.45) is 5.92 Å². The number of nitrogens with one attached hydrogen (secondary N) is 1. The average molecular weight is 240 g/mol. The Morgan fingerprint density at radius 1 is 1.41 bits per heavy atom. The average Bonchev–Trinajstić information content (AvgIpc) is 2.83. The van der Waals surface area contributed by atoms with Gasteiger partial charge >= 0.3 is 0 Å². The van der Waals surface area contributed by atoms with Crippen molar-refractivity contribution < 1.29 is 14.3 Å². The molecule has 0 bridgehead atoms. The second-order valence-corrected chi connectivity index (χ2v) is 4.96. The van der Waals surface area contributed by atoms with Gasteiger partial charge in [-0.3, -0.25) is 14.5 Å². The van der Waals surface area contributed by atoms with Crippen LogP contribution in [0.15, 0.2) is 0 Å². The lowest BCUT2D eigenvalue weighted by Crippen LogP contribution is -2.54. The predicted molar refractivity (Wildman–Crippen MR) is 62.3 cm³/mol. The molecule has 1 N–H and O–H groups in total. The van der Waals surface area contributed by atoms with Crippen molar-refractivity contribution in [2.75, 3.05) is 20.3 Å². The molecular formula is C12H20N2O3. The highest BCUT2D eigenvalue weighted by atomic mass is 16.5. The quantitative estimate of drug-likeness (QED) is 0.713. The zero-order chi connectivity index (χ0) is 12.4. The van der Waals surface area contributed by atoms with Gasteiger partial charge in [-0.1, -0.05) is 0 Å². The van der Waals surface area contributed by atoms with Crippen molar-refractivity contribution >= 4 is 11.8 Å². The maximum atomic E-state index is 11.9. The molecular weight excluding hydrogens is 220 g/mol. The molecule has 0 aliphatic carbocycles. The van der Waals surface area contributed by atoms with Crippen LogP contribution in [0.2, 0.25) is 0 Å². The van der Waals surface area contributed by atoms with Gasteiger partial charge < -0.3 is 10.1 Å². The zero-order valence-electron chi connectivity index (χ0n) is 10.4. The number of hydrogen-bond acceptors (Lipinski definition) is 4. The van der Waals surface area contributed by atoms with Crippen LogP contribution in [0.1, 0.15) is 26.2 Å². The molecule has 0 aromatic carbocycles. The van der Waals surface area contributed by atoms with Crippen molar-refractivity contribution in [2.45, 2.75) is 38.3 Å². The minimum atomic E-state index is -0.215. The molecule has 17 heavy (non-hydrogen) atoms. The molecule has 0 saturated carbocycles. The van der Waals surface area contributed by atoms with Gasteiger partial charge in [0.15, 0.2) is 0 Å². The van der Waals surface area contributed by atoms with Crippen LogP contribution < -0.4 is 5.32 Å². The molecule has 96 valence electrons. The van der Waals surface area contributed by atoms with Gasteiger partial charge in [-0.15, -0.1) is 0 Å². The summed E-state index contributed by atoms with van der Waals surface area (Å²) in [5.41, 5.74) is 0. The summed E-state index contributed by atoms with van der Waals surface area (Å²) in [6.45, 7) is 3.67. The molecule has 0 radical (unpaired) electrons. The van der Waals surface area contributed by atoms with Crippen LogP contribution in [0.3, 0.4) is 0 Å². The third-order valence-corrected chi connectivity index (χ3v) is 3.79. The minimum Gasteiger partial charge on any atom is -0.381 e. The first-order valence-electron chi connectivity index (χ1n) is 6.24. The molecule has 2 heterocycles. The van der Waals surface area contributed by atoms with E-state index in [1.165, 1.54) is 4.90 Å². The van der Waals surface area contributed by atoms with Gasteiger partial charge in [0.1, 0.15) is 0 Å². The number of carbonyl (C=O) groups excluding carboxylic acids is 2. The fraction of sp³-hybridized carbons (Fsp3) is 0.833. The first kappa shape index (κ1) is 12.5. The summed E-state index contributed by atoms with van der Waals surface area (Å²) < 4.78 is 5.34. The van der Waals surface area contributed by atoms with Gasteiger partial charge in [-0.05, 0) is 25.7 Å². The van der Waals surface area contributed by atoms with Gasteiger partial charge in [0.25, 0.3) is 0 Å². The van der Waals surface area contributed by atoms with Crippen molar-refractivity contribution in [3.63, 3.8) is 0 Å². The molecule has 3 unspecified atom stereocenters. The lowest BCUT2D eigenvalue weighted by molar-refractivity contribution is -0.148. The lowest BCUT2D eigenvalue weighted by Gasteiger charge is -2.31. The van der Waals surface area contributed by atoms with Crippen molar-refractivity contribution in [3.05, 3.63) is 0 Å². The maximum absolute atomic E-state index is 11.9. The Morgan fingerprint density at radius 2 is 2.18 bits per heavy atom. The van der Waals surface area contributed by atoms with E-state index in [1.807, 2.05) is 0 Å². The van der Waals surface area contributed by atoms with Gasteiger partial charge in [-0.2, -0.15) is 0 Å². The normalized spacial score (nSPS) is 32.0. The molecule has 5 nitrogen and oxygen atoms in total. The lowest BCUT2D eigenvalue weighted by atomic mass is 9.97. The van der Waals surface area contributed by atoms with Crippen LogP contribution in [-0.4, -0.2) is 49.1 Å². The van der Waals surface area contributed by atoms with Gasteiger partial charge in [0.05, 0.1) is 12.6 Å². The molecule has 2 aliphatic rings. The number of amides is 2. The number of imide groups is 1. The summed E-state index contributed by atoms with van der Waals surface area (Å²) in [5.74, 6) is 0.294. The van der Waals surface area contributed by atoms with E-state index in [2.05, 4.69) is 12.2 Å². The van der Waals surface area contributed by atoms with Gasteiger partial charge in [0, 0.05) is 26.1 Å². The molecule has 2 rings (SSSR count). The van der Waals surface area contributed by atoms with Crippen molar-refractivity contribution in [1.82, 2.24) is 10.2 Å². The van der Waals surface area contributed by atoms with E-state index < -0.39 is 0 Å². The first-order chi connectivity index (χ1) is 8.09. The number of likely N-dealkylation sites (tertiary alicyclic amines) is 1. The first-order valence-corrected chi connectivity index (χ1v) is 6.24. The Morgan fingerprint density at radius 3 is 2.82 bits per heavy atom. The summed E-state index contributed by atoms with van der Waals surface area (Å²) >= 11 is 0. The Labute approximate surface area is 101 Å². The Kier molecular flexibility index (Phi) is 3.79. The Bertz CT molecular complexity index is 313. The van der Waals surface area contributed by atoms with E-state index in [9.17, 15) is 9.59 Å². The largest absolute Gasteiger partial charge is 0.381 e. The van der Waals surface area contributed by atoms with E-state index in [0.29, 0.717) is 18.8 Å². The molecule has 2 fully saturated rings. The van der Waals surface area contributed by atoms with Crippen LogP contribution in [0.25, 0.3) is 0 Å². The summed E-state index contributed by atoms with van der Waals surface area (Å²) in [5, 5.41) is 3.34. The number of nitrogens with zero attached hydrogens (tertiary/aromatic N) is 1. The Balaban J connectivity index is 1.89. The molecule has 5 heteroatoms. The van der Waals surface area contributed by atoms with Crippen LogP contribution in [0.5, 0.6) is 0 Å². The fourth-order valence-corrected chi connectivity index (χ4v) is 2.47. The minimum absolute atomic E-state index is 0.0788. The molecule has 2 amide bonds. The number of carbonyl (C=O) groups is 2. The second kappa shape index (κ2) is 5.14. The number of rotatable bonds is 3. The van der Waals surface area contributed by atoms with E-state index in [1.54, 1.807) is 7.05 Å². The van der Waals surface area contributed by atoms with Gasteiger partial charge in [0.2, 0.25) is 11.8 Å². The van der Waals surface area contributed by atoms with Crippen molar-refractivity contribution in [3.8, 4) is 0 Å². The molecule has 2 saturated heterocycles. The summed E-state index contributed by atoms with van der Waals surface area (Å²) in [6.07, 6.45) is 2.11. The highest BCUT2D eigenvalue weighted by Crippen LogP contribution is 2.19. The third-order valence-electron chi connectivity index (χ3n) is 3.79. The number of piperidine rings is 1. The summed E-state index contributed by atoms with van der Waals surface area (Å²) in [6, 6.07) is 0.0429. The molecule has 3 atom stereocenters. The van der Waals surface area contributed by atoms with E-state index in [4.69, 9.17) is 4.74 Å². The van der Waals surface area contributed by atoms with Crippen LogP contribution >= 0.6 is 0 Å². The maximum Gasteiger partial charge on any atom is 0.246 e. The summed E-state index contributed by atoms with van der Waals surface area (Å²) in [7, 11) is 1.56. The number of likely N-dealkylation sites (N-methyl/N-ethyl adjacent to an activating group) is 1. The number of ether oxygens (including phenoxy) is 1. The SMILES string of the molecule is CC(NC1CCC(=O)N(C)C1=O)C1CCOC1. The zero-order valence-corrected chi connectivity index (χ0v) is 10.4. The van der Waals surface area contributed by atoms with Gasteiger partial charge in [-0.25, -0.2) is 0 Å². The Hall–Kier alpha value is -0.940. The molecule has 0 aromatic rings. The molecule has 2 aliphatic heterocycles. The van der Waals surface area contributed by atoms with Crippen LogP contribution in [0.4, 0.5) is 0 Å².